The van der Waals surface area contributed by atoms with Crippen molar-refractivity contribution in [3.63, 3.8) is 0 Å². The second-order valence-electron chi connectivity index (χ2n) is 6.18. The normalized spacial score (nSPS) is 11.5. The van der Waals surface area contributed by atoms with Crippen molar-refractivity contribution in [3.05, 3.63) is 71.8 Å². The molecule has 0 saturated carbocycles. The molecule has 5 nitrogen and oxygen atoms in total. The fourth-order valence-electron chi connectivity index (χ4n) is 2.51. The summed E-state index contributed by atoms with van der Waals surface area (Å²) in [6.07, 6.45) is 0.253. The summed E-state index contributed by atoms with van der Waals surface area (Å²) in [5, 5.41) is 2.55. The van der Waals surface area contributed by atoms with Crippen LogP contribution in [0.1, 0.15) is 31.4 Å². The molecule has 2 aromatic rings. The van der Waals surface area contributed by atoms with Crippen molar-refractivity contribution in [3.8, 4) is 0 Å². The average molecular weight is 354 g/mol. The minimum Gasteiger partial charge on any atom is -0.445 e. The number of ether oxygens (including phenoxy) is 1. The van der Waals surface area contributed by atoms with Crippen LogP contribution in [-0.2, 0) is 22.7 Å². The van der Waals surface area contributed by atoms with Crippen molar-refractivity contribution in [2.24, 2.45) is 0 Å². The summed E-state index contributed by atoms with van der Waals surface area (Å²) in [6.45, 7) is 4.67. The Kier molecular flexibility index (Phi) is 7.68. The van der Waals surface area contributed by atoms with Gasteiger partial charge >= 0.3 is 6.09 Å². The Morgan fingerprint density at radius 3 is 2.15 bits per heavy atom. The molecule has 138 valence electrons. The van der Waals surface area contributed by atoms with Crippen LogP contribution < -0.4 is 5.32 Å². The number of amides is 2. The van der Waals surface area contributed by atoms with Gasteiger partial charge in [-0.3, -0.25) is 4.79 Å². The van der Waals surface area contributed by atoms with Crippen LogP contribution >= 0.6 is 0 Å². The Labute approximate surface area is 155 Å². The lowest BCUT2D eigenvalue weighted by atomic mass is 10.1. The van der Waals surface area contributed by atoms with E-state index in [4.69, 9.17) is 4.74 Å². The molecule has 0 saturated heterocycles. The second kappa shape index (κ2) is 10.2. The molecule has 0 aliphatic rings. The smallest absolute Gasteiger partial charge is 0.407 e. The monoisotopic (exact) mass is 354 g/mol. The fourth-order valence-corrected chi connectivity index (χ4v) is 2.51. The maximum absolute atomic E-state index is 12.6. The van der Waals surface area contributed by atoms with Crippen molar-refractivity contribution in [2.75, 3.05) is 6.54 Å². The Morgan fingerprint density at radius 1 is 1.00 bits per heavy atom. The molecule has 0 radical (unpaired) electrons. The van der Waals surface area contributed by atoms with Crippen LogP contribution in [0, 0.1) is 0 Å². The number of hydrogen-bond acceptors (Lipinski definition) is 3. The SMILES string of the molecule is CCC(C)N(Cc1ccccc1)C(=O)CNC(=O)OCc1ccccc1. The highest BCUT2D eigenvalue weighted by Crippen LogP contribution is 2.11. The van der Waals surface area contributed by atoms with Crippen LogP contribution in [0.25, 0.3) is 0 Å². The first kappa shape index (κ1) is 19.5. The van der Waals surface area contributed by atoms with Gasteiger partial charge in [0, 0.05) is 12.6 Å². The highest BCUT2D eigenvalue weighted by molar-refractivity contribution is 5.82. The van der Waals surface area contributed by atoms with Crippen molar-refractivity contribution in [1.29, 1.82) is 0 Å². The van der Waals surface area contributed by atoms with E-state index in [0.717, 1.165) is 17.5 Å². The number of nitrogens with zero attached hydrogens (tertiary/aromatic N) is 1. The van der Waals surface area contributed by atoms with Gasteiger partial charge in [-0.1, -0.05) is 67.6 Å². The van der Waals surface area contributed by atoms with E-state index >= 15 is 0 Å². The maximum Gasteiger partial charge on any atom is 0.407 e. The third kappa shape index (κ3) is 6.24. The fraction of sp³-hybridized carbons (Fsp3) is 0.333. The summed E-state index contributed by atoms with van der Waals surface area (Å²) >= 11 is 0. The minimum atomic E-state index is -0.592. The summed E-state index contributed by atoms with van der Waals surface area (Å²) in [7, 11) is 0. The average Bonchev–Trinajstić information content (AvgIpc) is 2.69. The van der Waals surface area contributed by atoms with Gasteiger partial charge < -0.3 is 15.0 Å². The van der Waals surface area contributed by atoms with Gasteiger partial charge in [-0.25, -0.2) is 4.79 Å². The summed E-state index contributed by atoms with van der Waals surface area (Å²) in [4.78, 5) is 26.2. The molecule has 0 spiro atoms. The third-order valence-corrected chi connectivity index (χ3v) is 4.24. The zero-order chi connectivity index (χ0) is 18.8. The van der Waals surface area contributed by atoms with Crippen LogP contribution in [0.15, 0.2) is 60.7 Å². The molecule has 0 aliphatic carbocycles. The summed E-state index contributed by atoms with van der Waals surface area (Å²) in [5.74, 6) is -0.125. The van der Waals surface area contributed by atoms with Gasteiger partial charge in [0.15, 0.2) is 0 Å². The molecule has 5 heteroatoms. The zero-order valence-electron chi connectivity index (χ0n) is 15.4. The van der Waals surface area contributed by atoms with Crippen molar-refractivity contribution >= 4 is 12.0 Å². The van der Waals surface area contributed by atoms with Crippen LogP contribution in [0.2, 0.25) is 0 Å². The van der Waals surface area contributed by atoms with E-state index < -0.39 is 6.09 Å². The quantitative estimate of drug-likeness (QED) is 0.786. The molecule has 0 fully saturated rings. The number of benzene rings is 2. The summed E-state index contributed by atoms with van der Waals surface area (Å²) in [6, 6.07) is 19.3. The minimum absolute atomic E-state index is 0.0786. The van der Waals surface area contributed by atoms with Gasteiger partial charge in [-0.2, -0.15) is 0 Å². The number of carbonyl (C=O) groups excluding carboxylic acids is 2. The van der Waals surface area contributed by atoms with E-state index in [2.05, 4.69) is 5.32 Å². The van der Waals surface area contributed by atoms with Gasteiger partial charge in [0.25, 0.3) is 0 Å². The summed E-state index contributed by atoms with van der Waals surface area (Å²) < 4.78 is 5.14. The first-order valence-electron chi connectivity index (χ1n) is 8.88. The molecule has 26 heavy (non-hydrogen) atoms. The standard InChI is InChI=1S/C21H26N2O3/c1-3-17(2)23(15-18-10-6-4-7-11-18)20(24)14-22-21(25)26-16-19-12-8-5-9-13-19/h4-13,17H,3,14-16H2,1-2H3,(H,22,25). The molecule has 2 aromatic carbocycles. The topological polar surface area (TPSA) is 58.6 Å². The molecule has 1 unspecified atom stereocenters. The van der Waals surface area contributed by atoms with Crippen molar-refractivity contribution in [1.82, 2.24) is 10.2 Å². The lowest BCUT2D eigenvalue weighted by Gasteiger charge is -2.29. The Bertz CT molecular complexity index is 689. The lowest BCUT2D eigenvalue weighted by molar-refractivity contribution is -0.132. The zero-order valence-corrected chi connectivity index (χ0v) is 15.4. The number of hydrogen-bond donors (Lipinski definition) is 1. The molecule has 0 aliphatic heterocycles. The predicted molar refractivity (Wildman–Crippen MR) is 101 cm³/mol. The lowest BCUT2D eigenvalue weighted by Crippen LogP contribution is -2.44. The van der Waals surface area contributed by atoms with Gasteiger partial charge in [-0.15, -0.1) is 0 Å². The Morgan fingerprint density at radius 2 is 1.58 bits per heavy atom. The van der Waals surface area contributed by atoms with Crippen molar-refractivity contribution in [2.45, 2.75) is 39.5 Å². The van der Waals surface area contributed by atoms with E-state index in [1.54, 1.807) is 4.90 Å². The molecule has 1 atom stereocenters. The van der Waals surface area contributed by atoms with E-state index in [1.165, 1.54) is 0 Å². The van der Waals surface area contributed by atoms with Gasteiger partial charge in [-0.05, 0) is 24.5 Å². The van der Waals surface area contributed by atoms with Gasteiger partial charge in [0.05, 0.1) is 0 Å². The molecule has 0 bridgehead atoms. The van der Waals surface area contributed by atoms with Gasteiger partial charge in [0.2, 0.25) is 5.91 Å². The van der Waals surface area contributed by atoms with Crippen LogP contribution in [0.3, 0.4) is 0 Å². The first-order chi connectivity index (χ1) is 12.6. The van der Waals surface area contributed by atoms with E-state index in [1.807, 2.05) is 74.5 Å². The van der Waals surface area contributed by atoms with Crippen LogP contribution in [0.5, 0.6) is 0 Å². The first-order valence-corrected chi connectivity index (χ1v) is 8.88. The second-order valence-corrected chi connectivity index (χ2v) is 6.18. The highest BCUT2D eigenvalue weighted by Gasteiger charge is 2.20. The largest absolute Gasteiger partial charge is 0.445 e. The molecule has 1 N–H and O–H groups in total. The molecule has 0 heterocycles. The molecular formula is C21H26N2O3. The number of nitrogens with one attached hydrogen (secondary N) is 1. The Balaban J connectivity index is 1.85. The number of rotatable bonds is 8. The molecule has 0 aromatic heterocycles. The van der Waals surface area contributed by atoms with E-state index in [0.29, 0.717) is 6.54 Å². The van der Waals surface area contributed by atoms with E-state index in [9.17, 15) is 9.59 Å². The Hall–Kier alpha value is -2.82. The van der Waals surface area contributed by atoms with Crippen LogP contribution in [0.4, 0.5) is 4.79 Å². The highest BCUT2D eigenvalue weighted by atomic mass is 16.5. The van der Waals surface area contributed by atoms with E-state index in [-0.39, 0.29) is 25.1 Å². The summed E-state index contributed by atoms with van der Waals surface area (Å²) in [5.41, 5.74) is 1.96. The molecule has 2 rings (SSSR count). The molecule has 2 amide bonds. The predicted octanol–water partition coefficient (Wildman–Crippen LogP) is 3.74. The molecular weight excluding hydrogens is 328 g/mol. The van der Waals surface area contributed by atoms with Crippen LogP contribution in [-0.4, -0.2) is 29.5 Å². The van der Waals surface area contributed by atoms with Crippen molar-refractivity contribution < 1.29 is 14.3 Å². The number of alkyl carbamates (subject to hydrolysis) is 1. The third-order valence-electron chi connectivity index (χ3n) is 4.24. The van der Waals surface area contributed by atoms with Gasteiger partial charge in [0.1, 0.15) is 13.2 Å². The maximum atomic E-state index is 12.6. The number of carbonyl (C=O) groups is 2.